The predicted molar refractivity (Wildman–Crippen MR) is 62.6 cm³/mol. The van der Waals surface area contributed by atoms with E-state index in [0.29, 0.717) is 12.1 Å². The molecule has 0 aliphatic rings. The Hall–Kier alpha value is -0.670. The van der Waals surface area contributed by atoms with Crippen LogP contribution in [0.2, 0.25) is 0 Å². The Balaban J connectivity index is 4.54. The van der Waals surface area contributed by atoms with E-state index in [2.05, 4.69) is 27.4 Å². The maximum absolute atomic E-state index is 11.5. The number of hydrogen-bond acceptors (Lipinski definition) is 2. The Labute approximate surface area is 93.0 Å². The number of nitrogens with zero attached hydrogens (tertiary/aromatic N) is 1. The lowest BCUT2D eigenvalue weighted by Crippen LogP contribution is -2.53. The summed E-state index contributed by atoms with van der Waals surface area (Å²) in [5, 5.41) is 9.79. The molecular weight excluding hydrogens is 190 g/mol. The van der Waals surface area contributed by atoms with Gasteiger partial charge in [0.05, 0.1) is 19.6 Å². The maximum atomic E-state index is 11.5. The molecular formula is C12H24NO2+. The summed E-state index contributed by atoms with van der Waals surface area (Å²) in [4.78, 5) is 11.5. The van der Waals surface area contributed by atoms with E-state index in [1.807, 2.05) is 0 Å². The Kier molecular flexibility index (Phi) is 5.76. The molecule has 0 aliphatic carbocycles. The SMILES string of the molecule is C=C(C)C(=O)C(O)C[N+](CC)(CC)CC. The minimum absolute atomic E-state index is 0.229. The molecule has 0 aromatic carbocycles. The molecule has 0 fully saturated rings. The topological polar surface area (TPSA) is 37.3 Å². The molecule has 88 valence electrons. The quantitative estimate of drug-likeness (QED) is 0.513. The standard InChI is InChI=1S/C12H24NO2/c1-6-13(7-2,8-3)9-11(14)12(15)10(4)5/h11,14H,4,6-9H2,1-3,5H3/q+1. The molecule has 0 spiro atoms. The third-order valence-corrected chi connectivity index (χ3v) is 3.30. The van der Waals surface area contributed by atoms with Crippen LogP contribution in [0.4, 0.5) is 0 Å². The van der Waals surface area contributed by atoms with Crippen molar-refractivity contribution < 1.29 is 14.4 Å². The van der Waals surface area contributed by atoms with Gasteiger partial charge in [-0.05, 0) is 33.3 Å². The van der Waals surface area contributed by atoms with Crippen LogP contribution in [0.15, 0.2) is 12.2 Å². The predicted octanol–water partition coefficient (Wildman–Crippen LogP) is 1.37. The van der Waals surface area contributed by atoms with Crippen molar-refractivity contribution >= 4 is 5.78 Å². The molecule has 0 aromatic rings. The Morgan fingerprint density at radius 2 is 1.67 bits per heavy atom. The molecule has 1 N–H and O–H groups in total. The number of carbonyl (C=O) groups is 1. The fourth-order valence-electron chi connectivity index (χ4n) is 1.79. The summed E-state index contributed by atoms with van der Waals surface area (Å²) < 4.78 is 0.778. The third kappa shape index (κ3) is 3.76. The molecule has 15 heavy (non-hydrogen) atoms. The molecule has 0 aliphatic heterocycles. The number of aliphatic hydroxyl groups is 1. The lowest BCUT2D eigenvalue weighted by Gasteiger charge is -2.37. The molecule has 3 nitrogen and oxygen atoms in total. The largest absolute Gasteiger partial charge is 0.379 e. The van der Waals surface area contributed by atoms with Gasteiger partial charge in [-0.2, -0.15) is 0 Å². The molecule has 0 heterocycles. The van der Waals surface area contributed by atoms with E-state index in [4.69, 9.17) is 0 Å². The summed E-state index contributed by atoms with van der Waals surface area (Å²) in [5.41, 5.74) is 0.434. The molecule has 0 aromatic heterocycles. The van der Waals surface area contributed by atoms with Gasteiger partial charge in [-0.25, -0.2) is 0 Å². The molecule has 0 saturated heterocycles. The first-order valence-corrected chi connectivity index (χ1v) is 5.65. The van der Waals surface area contributed by atoms with Crippen LogP contribution >= 0.6 is 0 Å². The van der Waals surface area contributed by atoms with Crippen molar-refractivity contribution in [3.8, 4) is 0 Å². The summed E-state index contributed by atoms with van der Waals surface area (Å²) in [7, 11) is 0. The van der Waals surface area contributed by atoms with E-state index in [9.17, 15) is 9.90 Å². The summed E-state index contributed by atoms with van der Waals surface area (Å²) in [5.74, 6) is -0.229. The van der Waals surface area contributed by atoms with Gasteiger partial charge >= 0.3 is 0 Å². The second-order valence-electron chi connectivity index (χ2n) is 4.13. The van der Waals surface area contributed by atoms with Gasteiger partial charge in [-0.3, -0.25) is 4.79 Å². The maximum Gasteiger partial charge on any atom is 0.192 e. The van der Waals surface area contributed by atoms with Crippen molar-refractivity contribution in [2.75, 3.05) is 26.2 Å². The highest BCUT2D eigenvalue weighted by Gasteiger charge is 2.28. The number of quaternary nitrogens is 1. The van der Waals surface area contributed by atoms with Crippen molar-refractivity contribution in [3.63, 3.8) is 0 Å². The second-order valence-corrected chi connectivity index (χ2v) is 4.13. The number of rotatable bonds is 7. The molecule has 3 heteroatoms. The van der Waals surface area contributed by atoms with Gasteiger partial charge < -0.3 is 9.59 Å². The van der Waals surface area contributed by atoms with E-state index < -0.39 is 6.10 Å². The van der Waals surface area contributed by atoms with Crippen LogP contribution in [0.1, 0.15) is 27.7 Å². The van der Waals surface area contributed by atoms with E-state index in [1.54, 1.807) is 6.92 Å². The smallest absolute Gasteiger partial charge is 0.192 e. The van der Waals surface area contributed by atoms with Crippen molar-refractivity contribution in [2.24, 2.45) is 0 Å². The summed E-state index contributed by atoms with van der Waals surface area (Å²) >= 11 is 0. The van der Waals surface area contributed by atoms with Crippen LogP contribution in [-0.4, -0.2) is 47.7 Å². The lowest BCUT2D eigenvalue weighted by molar-refractivity contribution is -0.925. The normalized spacial score (nSPS) is 13.7. The Morgan fingerprint density at radius 3 is 1.93 bits per heavy atom. The van der Waals surface area contributed by atoms with Crippen LogP contribution in [-0.2, 0) is 4.79 Å². The van der Waals surface area contributed by atoms with Crippen LogP contribution in [0.25, 0.3) is 0 Å². The second kappa shape index (κ2) is 6.03. The van der Waals surface area contributed by atoms with Crippen molar-refractivity contribution in [2.45, 2.75) is 33.8 Å². The van der Waals surface area contributed by atoms with Gasteiger partial charge in [0.15, 0.2) is 11.9 Å². The van der Waals surface area contributed by atoms with Gasteiger partial charge in [0.2, 0.25) is 0 Å². The average molecular weight is 214 g/mol. The minimum Gasteiger partial charge on any atom is -0.379 e. The van der Waals surface area contributed by atoms with Crippen molar-refractivity contribution in [1.82, 2.24) is 0 Å². The first kappa shape index (κ1) is 14.3. The van der Waals surface area contributed by atoms with Crippen LogP contribution in [0.3, 0.4) is 0 Å². The fourth-order valence-corrected chi connectivity index (χ4v) is 1.79. The van der Waals surface area contributed by atoms with Gasteiger partial charge in [0.25, 0.3) is 0 Å². The molecule has 0 bridgehead atoms. The fraction of sp³-hybridized carbons (Fsp3) is 0.750. The molecule has 0 saturated carbocycles. The number of likely N-dealkylation sites (N-methyl/N-ethyl adjacent to an activating group) is 1. The van der Waals surface area contributed by atoms with Gasteiger partial charge in [-0.15, -0.1) is 0 Å². The third-order valence-electron chi connectivity index (χ3n) is 3.30. The summed E-state index contributed by atoms with van der Waals surface area (Å²) in [6.07, 6.45) is -0.901. The van der Waals surface area contributed by atoms with E-state index in [-0.39, 0.29) is 5.78 Å². The van der Waals surface area contributed by atoms with Crippen molar-refractivity contribution in [1.29, 1.82) is 0 Å². The average Bonchev–Trinajstić information content (AvgIpc) is 2.24. The molecule has 0 radical (unpaired) electrons. The zero-order chi connectivity index (χ0) is 12.1. The Bertz CT molecular complexity index is 224. The number of Topliss-reactive ketones (excluding diaryl/α,β-unsaturated/α-hetero) is 1. The molecule has 0 rings (SSSR count). The van der Waals surface area contributed by atoms with Gasteiger partial charge in [0, 0.05) is 0 Å². The highest BCUT2D eigenvalue weighted by Crippen LogP contribution is 2.09. The van der Waals surface area contributed by atoms with Crippen LogP contribution < -0.4 is 0 Å². The monoisotopic (exact) mass is 214 g/mol. The van der Waals surface area contributed by atoms with Gasteiger partial charge in [0.1, 0.15) is 6.54 Å². The zero-order valence-electron chi connectivity index (χ0n) is 10.4. The zero-order valence-corrected chi connectivity index (χ0v) is 10.4. The number of aliphatic hydroxyl groups excluding tert-OH is 1. The number of hydrogen-bond donors (Lipinski definition) is 1. The number of ketones is 1. The molecule has 1 atom stereocenters. The number of carbonyl (C=O) groups excluding carboxylic acids is 1. The van der Waals surface area contributed by atoms with Crippen LogP contribution in [0, 0.1) is 0 Å². The summed E-state index contributed by atoms with van der Waals surface area (Å²) in [6.45, 7) is 14.8. The van der Waals surface area contributed by atoms with E-state index in [1.165, 1.54) is 0 Å². The van der Waals surface area contributed by atoms with E-state index >= 15 is 0 Å². The Morgan fingerprint density at radius 1 is 1.27 bits per heavy atom. The minimum atomic E-state index is -0.901. The highest BCUT2D eigenvalue weighted by atomic mass is 16.3. The lowest BCUT2D eigenvalue weighted by atomic mass is 10.1. The highest BCUT2D eigenvalue weighted by molar-refractivity contribution is 5.97. The first-order chi connectivity index (χ1) is 6.92. The van der Waals surface area contributed by atoms with Crippen molar-refractivity contribution in [3.05, 3.63) is 12.2 Å². The molecule has 1 unspecified atom stereocenters. The summed E-state index contributed by atoms with van der Waals surface area (Å²) in [6, 6.07) is 0. The van der Waals surface area contributed by atoms with Gasteiger partial charge in [-0.1, -0.05) is 6.58 Å². The van der Waals surface area contributed by atoms with Crippen LogP contribution in [0.5, 0.6) is 0 Å². The first-order valence-electron chi connectivity index (χ1n) is 5.65. The van der Waals surface area contributed by atoms with E-state index in [0.717, 1.165) is 24.1 Å². The molecule has 0 amide bonds.